The van der Waals surface area contributed by atoms with Crippen molar-refractivity contribution in [1.82, 2.24) is 9.97 Å². The van der Waals surface area contributed by atoms with Gasteiger partial charge < -0.3 is 15.5 Å². The van der Waals surface area contributed by atoms with E-state index in [4.69, 9.17) is 23.2 Å². The van der Waals surface area contributed by atoms with E-state index in [0.717, 1.165) is 5.82 Å². The normalized spacial score (nSPS) is 15.0. The van der Waals surface area contributed by atoms with Crippen molar-refractivity contribution in [3.05, 3.63) is 40.5 Å². The number of hydrogen-bond donors (Lipinski definition) is 2. The van der Waals surface area contributed by atoms with Gasteiger partial charge in [0.15, 0.2) is 11.0 Å². The summed E-state index contributed by atoms with van der Waals surface area (Å²) in [5.41, 5.74) is 1.17. The second kappa shape index (κ2) is 8.05. The van der Waals surface area contributed by atoms with Crippen LogP contribution in [0.4, 0.5) is 21.6 Å². The monoisotopic (exact) mass is 397 g/mol. The zero-order valence-corrected chi connectivity index (χ0v) is 15.6. The van der Waals surface area contributed by atoms with Gasteiger partial charge in [0, 0.05) is 31.7 Å². The molecule has 0 saturated carbocycles. The first-order valence-corrected chi connectivity index (χ1v) is 8.94. The highest BCUT2D eigenvalue weighted by Gasteiger charge is 2.27. The predicted octanol–water partition coefficient (Wildman–Crippen LogP) is 3.82. The van der Waals surface area contributed by atoms with Gasteiger partial charge in [-0.05, 0) is 31.0 Å². The van der Waals surface area contributed by atoms with Gasteiger partial charge in [-0.25, -0.2) is 14.4 Å². The quantitative estimate of drug-likeness (QED) is 0.767. The third-order valence-electron chi connectivity index (χ3n) is 4.38. The molecule has 1 amide bonds. The molecule has 1 aliphatic rings. The number of halogens is 3. The van der Waals surface area contributed by atoms with E-state index in [9.17, 15) is 9.18 Å². The largest absolute Gasteiger partial charge is 0.383 e. The molecule has 1 fully saturated rings. The molecule has 1 saturated heterocycles. The lowest BCUT2D eigenvalue weighted by atomic mass is 9.95. The Kier molecular flexibility index (Phi) is 5.78. The van der Waals surface area contributed by atoms with E-state index < -0.39 is 5.82 Å². The summed E-state index contributed by atoms with van der Waals surface area (Å²) in [6.07, 6.45) is 2.77. The standard InChI is InChI=1S/C17H18Cl2FN5O/c1-21-14-15(19)22-9-23-16(14)25-6-4-10(5-7-25)17(26)24-11-2-3-13(20)12(18)8-11/h2-3,8-10,21H,4-7H2,1H3,(H,24,26). The molecule has 2 heterocycles. The topological polar surface area (TPSA) is 70.2 Å². The molecule has 1 aromatic heterocycles. The molecule has 9 heteroatoms. The van der Waals surface area contributed by atoms with Crippen molar-refractivity contribution < 1.29 is 9.18 Å². The van der Waals surface area contributed by atoms with Crippen molar-refractivity contribution in [1.29, 1.82) is 0 Å². The lowest BCUT2D eigenvalue weighted by molar-refractivity contribution is -0.120. The summed E-state index contributed by atoms with van der Waals surface area (Å²) >= 11 is 11.8. The number of benzene rings is 1. The molecule has 0 aliphatic carbocycles. The number of amides is 1. The van der Waals surface area contributed by atoms with Gasteiger partial charge in [0.05, 0.1) is 5.02 Å². The molecule has 1 aromatic carbocycles. The molecule has 2 N–H and O–H groups in total. The molecular weight excluding hydrogens is 380 g/mol. The number of nitrogens with one attached hydrogen (secondary N) is 2. The Morgan fingerprint density at radius 3 is 2.65 bits per heavy atom. The number of hydrogen-bond acceptors (Lipinski definition) is 5. The van der Waals surface area contributed by atoms with Crippen molar-refractivity contribution in [3.63, 3.8) is 0 Å². The van der Waals surface area contributed by atoms with Crippen LogP contribution in [0.1, 0.15) is 12.8 Å². The summed E-state index contributed by atoms with van der Waals surface area (Å²) < 4.78 is 13.2. The second-order valence-corrected chi connectivity index (χ2v) is 6.76. The average molecular weight is 398 g/mol. The van der Waals surface area contributed by atoms with Gasteiger partial charge in [0.2, 0.25) is 5.91 Å². The van der Waals surface area contributed by atoms with Crippen LogP contribution in [0.2, 0.25) is 10.2 Å². The first-order valence-electron chi connectivity index (χ1n) is 8.18. The zero-order valence-electron chi connectivity index (χ0n) is 14.1. The Hall–Kier alpha value is -2.12. The Morgan fingerprint density at radius 2 is 2.00 bits per heavy atom. The number of piperidine rings is 1. The maximum Gasteiger partial charge on any atom is 0.227 e. The first-order chi connectivity index (χ1) is 12.5. The van der Waals surface area contributed by atoms with Crippen LogP contribution >= 0.6 is 23.2 Å². The summed E-state index contributed by atoms with van der Waals surface area (Å²) in [5.74, 6) is -0.00851. The molecular formula is C17H18Cl2FN5O. The van der Waals surface area contributed by atoms with Gasteiger partial charge in [0.1, 0.15) is 17.8 Å². The second-order valence-electron chi connectivity index (χ2n) is 5.99. The first kappa shape index (κ1) is 18.7. The highest BCUT2D eigenvalue weighted by Crippen LogP contribution is 2.32. The SMILES string of the molecule is CNc1c(Cl)ncnc1N1CCC(C(=O)Nc2ccc(F)c(Cl)c2)CC1. The van der Waals surface area contributed by atoms with Crippen LogP contribution in [-0.4, -0.2) is 36.0 Å². The minimum Gasteiger partial charge on any atom is -0.383 e. The highest BCUT2D eigenvalue weighted by atomic mass is 35.5. The Balaban J connectivity index is 1.62. The predicted molar refractivity (Wildman–Crippen MR) is 102 cm³/mol. The van der Waals surface area contributed by atoms with Crippen LogP contribution in [0.25, 0.3) is 0 Å². The molecule has 6 nitrogen and oxygen atoms in total. The number of aromatic nitrogens is 2. The zero-order chi connectivity index (χ0) is 18.7. The van der Waals surface area contributed by atoms with Gasteiger partial charge in [-0.2, -0.15) is 0 Å². The highest BCUT2D eigenvalue weighted by molar-refractivity contribution is 6.32. The minimum atomic E-state index is -0.512. The lowest BCUT2D eigenvalue weighted by Gasteiger charge is -2.33. The Morgan fingerprint density at radius 1 is 1.27 bits per heavy atom. The van der Waals surface area contributed by atoms with Crippen molar-refractivity contribution in [2.75, 3.05) is 35.7 Å². The van der Waals surface area contributed by atoms with Gasteiger partial charge >= 0.3 is 0 Å². The number of rotatable bonds is 4. The summed E-state index contributed by atoms with van der Waals surface area (Å²) in [7, 11) is 1.77. The van der Waals surface area contributed by atoms with E-state index in [1.54, 1.807) is 7.05 Å². The molecule has 3 rings (SSSR count). The lowest BCUT2D eigenvalue weighted by Crippen LogP contribution is -2.39. The van der Waals surface area contributed by atoms with Crippen LogP contribution < -0.4 is 15.5 Å². The molecule has 0 atom stereocenters. The molecule has 0 spiro atoms. The maximum absolute atomic E-state index is 13.2. The van der Waals surface area contributed by atoms with E-state index in [2.05, 4.69) is 25.5 Å². The number of carbonyl (C=O) groups excluding carboxylic acids is 1. The van der Waals surface area contributed by atoms with Crippen LogP contribution in [0.3, 0.4) is 0 Å². The van der Waals surface area contributed by atoms with Crippen molar-refractivity contribution >= 4 is 46.3 Å². The summed E-state index contributed by atoms with van der Waals surface area (Å²) in [4.78, 5) is 22.8. The number of carbonyl (C=O) groups is 1. The molecule has 0 radical (unpaired) electrons. The molecule has 26 heavy (non-hydrogen) atoms. The van der Waals surface area contributed by atoms with Gasteiger partial charge in [-0.15, -0.1) is 0 Å². The van der Waals surface area contributed by atoms with Gasteiger partial charge in [-0.1, -0.05) is 23.2 Å². The van der Waals surface area contributed by atoms with Gasteiger partial charge in [-0.3, -0.25) is 4.79 Å². The summed E-state index contributed by atoms with van der Waals surface area (Å²) in [5, 5.41) is 6.17. The van der Waals surface area contributed by atoms with Crippen molar-refractivity contribution in [2.45, 2.75) is 12.8 Å². The fraction of sp³-hybridized carbons (Fsp3) is 0.353. The molecule has 2 aromatic rings. The molecule has 138 valence electrons. The van der Waals surface area contributed by atoms with Crippen LogP contribution in [-0.2, 0) is 4.79 Å². The van der Waals surface area contributed by atoms with E-state index >= 15 is 0 Å². The minimum absolute atomic E-state index is 0.0159. The van der Waals surface area contributed by atoms with E-state index in [1.807, 2.05) is 0 Å². The third kappa shape index (κ3) is 3.99. The number of nitrogens with zero attached hydrogens (tertiary/aromatic N) is 3. The van der Waals surface area contributed by atoms with E-state index in [-0.39, 0.29) is 16.8 Å². The maximum atomic E-state index is 13.2. The smallest absolute Gasteiger partial charge is 0.227 e. The molecule has 0 bridgehead atoms. The number of anilines is 3. The van der Waals surface area contributed by atoms with E-state index in [0.29, 0.717) is 42.5 Å². The fourth-order valence-corrected chi connectivity index (χ4v) is 3.39. The average Bonchev–Trinajstić information content (AvgIpc) is 2.64. The van der Waals surface area contributed by atoms with Crippen LogP contribution in [0.5, 0.6) is 0 Å². The summed E-state index contributed by atoms with van der Waals surface area (Å²) in [6, 6.07) is 4.14. The van der Waals surface area contributed by atoms with Crippen molar-refractivity contribution in [2.24, 2.45) is 5.92 Å². The van der Waals surface area contributed by atoms with Gasteiger partial charge in [0.25, 0.3) is 0 Å². The van der Waals surface area contributed by atoms with E-state index in [1.165, 1.54) is 24.5 Å². The summed E-state index contributed by atoms with van der Waals surface area (Å²) in [6.45, 7) is 1.34. The Labute approximate surface area is 160 Å². The third-order valence-corrected chi connectivity index (χ3v) is 4.96. The van der Waals surface area contributed by atoms with Crippen LogP contribution in [0.15, 0.2) is 24.5 Å². The van der Waals surface area contributed by atoms with Crippen LogP contribution in [0, 0.1) is 11.7 Å². The molecule has 1 aliphatic heterocycles. The fourth-order valence-electron chi connectivity index (χ4n) is 2.98. The molecule has 0 unspecified atom stereocenters. The Bertz CT molecular complexity index is 812. The van der Waals surface area contributed by atoms with Crippen molar-refractivity contribution in [3.8, 4) is 0 Å².